The van der Waals surface area contributed by atoms with Crippen molar-refractivity contribution >= 4 is 28.8 Å². The molecule has 0 saturated carbocycles. The van der Waals surface area contributed by atoms with E-state index in [0.29, 0.717) is 22.5 Å². The maximum Gasteiger partial charge on any atom is 0.337 e. The van der Waals surface area contributed by atoms with Gasteiger partial charge in [-0.2, -0.15) is 0 Å². The van der Waals surface area contributed by atoms with Gasteiger partial charge >= 0.3 is 5.97 Å². The van der Waals surface area contributed by atoms with Crippen molar-refractivity contribution in [3.05, 3.63) is 95.7 Å². The molecule has 4 aromatic rings. The van der Waals surface area contributed by atoms with Gasteiger partial charge in [-0.05, 0) is 35.9 Å². The number of aromatic nitrogens is 1. The first kappa shape index (κ1) is 17.4. The Morgan fingerprint density at radius 1 is 1.00 bits per heavy atom. The first-order valence-electron chi connectivity index (χ1n) is 9.28. The number of aliphatic hydroxyl groups is 1. The van der Waals surface area contributed by atoms with Crippen LogP contribution >= 0.6 is 0 Å². The fraction of sp³-hybridized carbons (Fsp3) is 0.0833. The van der Waals surface area contributed by atoms with E-state index in [1.807, 2.05) is 71.3 Å². The van der Waals surface area contributed by atoms with Gasteiger partial charge in [0.25, 0.3) is 0 Å². The van der Waals surface area contributed by atoms with Crippen LogP contribution in [0.5, 0.6) is 0 Å². The van der Waals surface area contributed by atoms with E-state index in [2.05, 4.69) is 4.99 Å². The Morgan fingerprint density at radius 3 is 2.55 bits per heavy atom. The zero-order valence-corrected chi connectivity index (χ0v) is 15.7. The monoisotopic (exact) mass is 382 g/mol. The van der Waals surface area contributed by atoms with Crippen LogP contribution in [0.15, 0.2) is 83.9 Å². The second-order valence-corrected chi connectivity index (χ2v) is 7.01. The van der Waals surface area contributed by atoms with Crippen LogP contribution in [0, 0.1) is 0 Å². The minimum Gasteiger partial charge on any atom is -0.465 e. The normalized spacial score (nSPS) is 17.4. The van der Waals surface area contributed by atoms with Gasteiger partial charge in [0.1, 0.15) is 0 Å². The summed E-state index contributed by atoms with van der Waals surface area (Å²) in [6.07, 6.45) is 1.54. The summed E-state index contributed by atoms with van der Waals surface area (Å²) in [5, 5.41) is 12.8. The molecule has 1 aliphatic rings. The number of benzene rings is 3. The number of hydrogen-bond donors (Lipinski definition) is 1. The summed E-state index contributed by atoms with van der Waals surface area (Å²) in [5.41, 5.74) is 2.72. The molecule has 3 aromatic carbocycles. The van der Waals surface area contributed by atoms with Crippen molar-refractivity contribution in [3.63, 3.8) is 0 Å². The van der Waals surface area contributed by atoms with Crippen molar-refractivity contribution in [1.82, 2.24) is 4.57 Å². The van der Waals surface area contributed by atoms with Gasteiger partial charge in [-0.15, -0.1) is 0 Å². The molecule has 1 aliphatic heterocycles. The first-order valence-corrected chi connectivity index (χ1v) is 9.28. The van der Waals surface area contributed by atoms with E-state index in [1.54, 1.807) is 18.3 Å². The van der Waals surface area contributed by atoms with Gasteiger partial charge in [0.05, 0.1) is 35.3 Å². The number of para-hydroxylation sites is 1. The summed E-state index contributed by atoms with van der Waals surface area (Å²) in [6.45, 7) is 0. The highest BCUT2D eigenvalue weighted by Crippen LogP contribution is 2.40. The van der Waals surface area contributed by atoms with E-state index in [-0.39, 0.29) is 0 Å². The van der Waals surface area contributed by atoms with Gasteiger partial charge in [0.15, 0.2) is 5.60 Å². The summed E-state index contributed by atoms with van der Waals surface area (Å²) in [7, 11) is 1.35. The molecule has 29 heavy (non-hydrogen) atoms. The molecule has 0 fully saturated rings. The van der Waals surface area contributed by atoms with Crippen LogP contribution in [0.2, 0.25) is 0 Å². The quantitative estimate of drug-likeness (QED) is 0.524. The van der Waals surface area contributed by atoms with Gasteiger partial charge in [-0.25, -0.2) is 4.79 Å². The third kappa shape index (κ3) is 2.59. The van der Waals surface area contributed by atoms with Crippen LogP contribution in [-0.2, 0) is 10.3 Å². The number of esters is 1. The highest BCUT2D eigenvalue weighted by atomic mass is 16.5. The fourth-order valence-corrected chi connectivity index (χ4v) is 3.90. The highest BCUT2D eigenvalue weighted by molar-refractivity contribution is 5.94. The van der Waals surface area contributed by atoms with E-state index < -0.39 is 11.6 Å². The van der Waals surface area contributed by atoms with Crippen molar-refractivity contribution in [2.24, 2.45) is 4.99 Å². The zero-order chi connectivity index (χ0) is 20.0. The van der Waals surface area contributed by atoms with Crippen molar-refractivity contribution in [2.75, 3.05) is 7.11 Å². The molecule has 5 nitrogen and oxygen atoms in total. The Kier molecular flexibility index (Phi) is 3.86. The molecule has 1 N–H and O–H groups in total. The van der Waals surface area contributed by atoms with Crippen LogP contribution in [0.4, 0.5) is 5.69 Å². The van der Waals surface area contributed by atoms with E-state index in [9.17, 15) is 9.90 Å². The van der Waals surface area contributed by atoms with Gasteiger partial charge in [-0.3, -0.25) is 4.99 Å². The van der Waals surface area contributed by atoms with Crippen LogP contribution in [0.3, 0.4) is 0 Å². The molecule has 1 aromatic heterocycles. The number of aliphatic imine (C=N–C) groups is 1. The average Bonchev–Trinajstić information content (AvgIpc) is 3.12. The van der Waals surface area contributed by atoms with E-state index in [0.717, 1.165) is 16.6 Å². The molecule has 0 amide bonds. The number of methoxy groups -OCH3 is 1. The second kappa shape index (κ2) is 6.43. The number of fused-ring (bicyclic) bond motifs is 5. The molecular weight excluding hydrogens is 364 g/mol. The Hall–Kier alpha value is -3.70. The van der Waals surface area contributed by atoms with Gasteiger partial charge < -0.3 is 14.4 Å². The molecule has 1 unspecified atom stereocenters. The lowest BCUT2D eigenvalue weighted by Gasteiger charge is -2.25. The maximum atomic E-state index is 12.0. The largest absolute Gasteiger partial charge is 0.465 e. The predicted molar refractivity (Wildman–Crippen MR) is 112 cm³/mol. The molecule has 0 radical (unpaired) electrons. The molecule has 0 spiro atoms. The van der Waals surface area contributed by atoms with E-state index >= 15 is 0 Å². The molecule has 142 valence electrons. The third-order valence-corrected chi connectivity index (χ3v) is 5.34. The summed E-state index contributed by atoms with van der Waals surface area (Å²) in [6, 6.07) is 24.6. The highest BCUT2D eigenvalue weighted by Gasteiger charge is 2.36. The summed E-state index contributed by atoms with van der Waals surface area (Å²) in [4.78, 5) is 16.6. The van der Waals surface area contributed by atoms with Gasteiger partial charge in [0.2, 0.25) is 0 Å². The minimum atomic E-state index is -1.43. The van der Waals surface area contributed by atoms with Gasteiger partial charge in [-0.1, -0.05) is 48.5 Å². The van der Waals surface area contributed by atoms with Crippen LogP contribution in [-0.4, -0.2) is 29.0 Å². The lowest BCUT2D eigenvalue weighted by molar-refractivity contribution is 0.0601. The van der Waals surface area contributed by atoms with Crippen LogP contribution in [0.25, 0.3) is 16.6 Å². The van der Waals surface area contributed by atoms with Crippen LogP contribution < -0.4 is 0 Å². The zero-order valence-electron chi connectivity index (χ0n) is 15.7. The summed E-state index contributed by atoms with van der Waals surface area (Å²) >= 11 is 0. The summed E-state index contributed by atoms with van der Waals surface area (Å²) < 4.78 is 6.85. The number of carbonyl (C=O) groups excluding carboxylic acids is 1. The Balaban J connectivity index is 1.85. The topological polar surface area (TPSA) is 63.8 Å². The molecule has 5 heteroatoms. The maximum absolute atomic E-state index is 12.0. The number of nitrogens with zero attached hydrogens (tertiary/aromatic N) is 2. The first-order chi connectivity index (χ1) is 14.1. The average molecular weight is 382 g/mol. The molecule has 2 heterocycles. The van der Waals surface area contributed by atoms with E-state index in [1.165, 1.54) is 7.11 Å². The van der Waals surface area contributed by atoms with E-state index in [4.69, 9.17) is 4.74 Å². The number of carbonyl (C=O) groups is 1. The van der Waals surface area contributed by atoms with Crippen LogP contribution in [0.1, 0.15) is 21.6 Å². The number of rotatable bonds is 2. The van der Waals surface area contributed by atoms with Gasteiger partial charge in [0, 0.05) is 11.6 Å². The Bertz CT molecular complexity index is 1270. The lowest BCUT2D eigenvalue weighted by atomic mass is 9.91. The van der Waals surface area contributed by atoms with Crippen molar-refractivity contribution in [1.29, 1.82) is 0 Å². The molecule has 1 atom stereocenters. The minimum absolute atomic E-state index is 0.409. The molecular formula is C24H18N2O3. The molecule has 0 aliphatic carbocycles. The Morgan fingerprint density at radius 2 is 1.76 bits per heavy atom. The second-order valence-electron chi connectivity index (χ2n) is 7.01. The van der Waals surface area contributed by atoms with Crippen molar-refractivity contribution in [3.8, 4) is 5.69 Å². The molecule has 0 saturated heterocycles. The lowest BCUT2D eigenvalue weighted by Crippen LogP contribution is -2.30. The number of hydrogen-bond acceptors (Lipinski definition) is 4. The SMILES string of the molecule is COC(=O)c1ccc2c(c1)N=CC(O)(c1ccccc1)c1cc3ccccc3n1-2. The van der Waals surface area contributed by atoms with Crippen molar-refractivity contribution < 1.29 is 14.6 Å². The smallest absolute Gasteiger partial charge is 0.337 e. The predicted octanol–water partition coefficient (Wildman–Crippen LogP) is 4.37. The third-order valence-electron chi connectivity index (χ3n) is 5.34. The number of ether oxygens (including phenoxy) is 1. The standard InChI is InChI=1S/C24H18N2O3/c1-29-23(27)17-11-12-21-19(13-17)25-15-24(28,18-8-3-2-4-9-18)22-14-16-7-5-6-10-20(16)26(21)22/h2-15,28H,1H3. The molecule has 0 bridgehead atoms. The summed E-state index contributed by atoms with van der Waals surface area (Å²) in [5.74, 6) is -0.428. The Labute approximate surface area is 167 Å². The molecule has 5 rings (SSSR count). The van der Waals surface area contributed by atoms with Crippen molar-refractivity contribution in [2.45, 2.75) is 5.60 Å². The fourth-order valence-electron chi connectivity index (χ4n) is 3.90.